The smallest absolute Gasteiger partial charge is 0.256 e. The number of nitrogens with one attached hydrogen (secondary N) is 1. The maximum absolute atomic E-state index is 14.1. The van der Waals surface area contributed by atoms with E-state index in [2.05, 4.69) is 5.32 Å². The van der Waals surface area contributed by atoms with Crippen LogP contribution in [0.5, 0.6) is 0 Å². The molecule has 1 atom stereocenters. The van der Waals surface area contributed by atoms with Crippen molar-refractivity contribution < 1.29 is 14.0 Å². The lowest BCUT2D eigenvalue weighted by molar-refractivity contribution is -0.125. The van der Waals surface area contributed by atoms with Crippen LogP contribution in [0.25, 0.3) is 0 Å². The minimum absolute atomic E-state index is 0.0231. The highest BCUT2D eigenvalue weighted by Crippen LogP contribution is 2.22. The highest BCUT2D eigenvalue weighted by molar-refractivity contribution is 5.96. The Kier molecular flexibility index (Phi) is 4.45. The lowest BCUT2D eigenvalue weighted by atomic mass is 9.96. The Labute approximate surface area is 123 Å². The van der Waals surface area contributed by atoms with Crippen molar-refractivity contribution in [2.24, 2.45) is 5.92 Å². The normalized spacial score (nSPS) is 18.4. The van der Waals surface area contributed by atoms with Crippen molar-refractivity contribution in [3.8, 4) is 0 Å². The van der Waals surface area contributed by atoms with Gasteiger partial charge in [0, 0.05) is 25.8 Å². The zero-order chi connectivity index (χ0) is 15.6. The summed E-state index contributed by atoms with van der Waals surface area (Å²) in [6.07, 6.45) is 1.47. The van der Waals surface area contributed by atoms with Gasteiger partial charge in [0.1, 0.15) is 5.82 Å². The number of nitrogens with two attached hydrogens (primary N) is 1. The number of piperidine rings is 1. The van der Waals surface area contributed by atoms with E-state index in [1.54, 1.807) is 14.0 Å². The predicted molar refractivity (Wildman–Crippen MR) is 78.2 cm³/mol. The number of nitrogen functional groups attached to an aromatic ring is 1. The molecule has 0 aromatic heterocycles. The fraction of sp³-hybridized carbons (Fsp3) is 0.467. The molecule has 0 bridgehead atoms. The average molecular weight is 293 g/mol. The molecular formula is C15H20FN3O2. The average Bonchev–Trinajstić information content (AvgIpc) is 2.49. The van der Waals surface area contributed by atoms with Crippen molar-refractivity contribution in [1.29, 1.82) is 0 Å². The number of amides is 2. The number of carbonyl (C=O) groups excluding carboxylic acids is 2. The van der Waals surface area contributed by atoms with Crippen LogP contribution in [0.3, 0.4) is 0 Å². The number of hydrogen-bond donors (Lipinski definition) is 2. The minimum atomic E-state index is -0.545. The molecule has 1 heterocycles. The summed E-state index contributed by atoms with van der Waals surface area (Å²) in [7, 11) is 1.57. The van der Waals surface area contributed by atoms with E-state index in [9.17, 15) is 14.0 Å². The quantitative estimate of drug-likeness (QED) is 0.807. The molecule has 114 valence electrons. The van der Waals surface area contributed by atoms with Gasteiger partial charge in [0.15, 0.2) is 0 Å². The number of halogens is 1. The molecule has 1 aromatic carbocycles. The minimum Gasteiger partial charge on any atom is -0.399 e. The van der Waals surface area contributed by atoms with Gasteiger partial charge in [-0.2, -0.15) is 0 Å². The van der Waals surface area contributed by atoms with Crippen LogP contribution in [0.2, 0.25) is 0 Å². The van der Waals surface area contributed by atoms with E-state index in [0.29, 0.717) is 24.3 Å². The van der Waals surface area contributed by atoms with E-state index in [-0.39, 0.29) is 17.4 Å². The van der Waals surface area contributed by atoms with Crippen LogP contribution in [0.1, 0.15) is 28.8 Å². The Morgan fingerprint density at radius 2 is 2.14 bits per heavy atom. The van der Waals surface area contributed by atoms with E-state index >= 15 is 0 Å². The molecular weight excluding hydrogens is 273 g/mol. The van der Waals surface area contributed by atoms with E-state index in [4.69, 9.17) is 5.73 Å². The van der Waals surface area contributed by atoms with Gasteiger partial charge in [-0.05, 0) is 37.5 Å². The molecule has 2 amide bonds. The molecule has 2 rings (SSSR count). The number of hydrogen-bond acceptors (Lipinski definition) is 3. The number of benzene rings is 1. The first-order valence-corrected chi connectivity index (χ1v) is 7.00. The fourth-order valence-corrected chi connectivity index (χ4v) is 2.70. The third-order valence-electron chi connectivity index (χ3n) is 3.83. The summed E-state index contributed by atoms with van der Waals surface area (Å²) in [5, 5.41) is 2.59. The Bertz CT molecular complexity index is 574. The van der Waals surface area contributed by atoms with Gasteiger partial charge >= 0.3 is 0 Å². The Balaban J connectivity index is 2.22. The molecule has 1 saturated heterocycles. The second-order valence-electron chi connectivity index (χ2n) is 5.40. The molecule has 1 aliphatic rings. The van der Waals surface area contributed by atoms with Crippen LogP contribution in [-0.4, -0.2) is 36.9 Å². The second-order valence-corrected chi connectivity index (χ2v) is 5.40. The van der Waals surface area contributed by atoms with Crippen LogP contribution in [0.4, 0.5) is 10.1 Å². The summed E-state index contributed by atoms with van der Waals surface area (Å²) >= 11 is 0. The molecule has 1 aromatic rings. The molecule has 0 saturated carbocycles. The summed E-state index contributed by atoms with van der Waals surface area (Å²) in [6, 6.07) is 2.85. The zero-order valence-electron chi connectivity index (χ0n) is 12.3. The first kappa shape index (κ1) is 15.3. The second kappa shape index (κ2) is 6.11. The molecule has 1 unspecified atom stereocenters. The zero-order valence-corrected chi connectivity index (χ0v) is 12.3. The van der Waals surface area contributed by atoms with Crippen LogP contribution in [-0.2, 0) is 4.79 Å². The first-order valence-electron chi connectivity index (χ1n) is 7.00. The third kappa shape index (κ3) is 3.15. The largest absolute Gasteiger partial charge is 0.399 e. The Morgan fingerprint density at radius 1 is 1.43 bits per heavy atom. The predicted octanol–water partition coefficient (Wildman–Crippen LogP) is 1.31. The monoisotopic (exact) mass is 293 g/mol. The van der Waals surface area contributed by atoms with E-state index < -0.39 is 11.7 Å². The summed E-state index contributed by atoms with van der Waals surface area (Å²) in [4.78, 5) is 25.7. The maximum atomic E-state index is 14.1. The van der Waals surface area contributed by atoms with Gasteiger partial charge in [0.2, 0.25) is 5.91 Å². The van der Waals surface area contributed by atoms with E-state index in [0.717, 1.165) is 12.8 Å². The number of nitrogens with zero attached hydrogens (tertiary/aromatic N) is 1. The van der Waals surface area contributed by atoms with Gasteiger partial charge in [-0.15, -0.1) is 0 Å². The van der Waals surface area contributed by atoms with E-state index in [1.807, 2.05) is 0 Å². The topological polar surface area (TPSA) is 75.4 Å². The van der Waals surface area contributed by atoms with Crippen LogP contribution in [0, 0.1) is 18.7 Å². The summed E-state index contributed by atoms with van der Waals surface area (Å²) in [6.45, 7) is 2.41. The van der Waals surface area contributed by atoms with Crippen molar-refractivity contribution in [2.75, 3.05) is 25.9 Å². The molecule has 6 heteroatoms. The van der Waals surface area contributed by atoms with Crippen molar-refractivity contribution in [1.82, 2.24) is 10.2 Å². The molecule has 21 heavy (non-hydrogen) atoms. The number of aryl methyl sites for hydroxylation is 1. The van der Waals surface area contributed by atoms with Gasteiger partial charge in [0.25, 0.3) is 5.91 Å². The lowest BCUT2D eigenvalue weighted by Crippen LogP contribution is -2.45. The molecule has 1 fully saturated rings. The molecule has 5 nitrogen and oxygen atoms in total. The van der Waals surface area contributed by atoms with Crippen molar-refractivity contribution in [3.05, 3.63) is 29.1 Å². The highest BCUT2D eigenvalue weighted by atomic mass is 19.1. The van der Waals surface area contributed by atoms with Crippen LogP contribution in [0.15, 0.2) is 12.1 Å². The Hall–Kier alpha value is -2.11. The fourth-order valence-electron chi connectivity index (χ4n) is 2.70. The summed E-state index contributed by atoms with van der Waals surface area (Å²) in [5.41, 5.74) is 6.37. The standard InChI is InChI=1S/C15H20FN3O2/c1-9-6-11(17)7-12(13(9)16)15(21)19-5-3-4-10(8-19)14(20)18-2/h6-7,10H,3-5,8,17H2,1-2H3,(H,18,20). The van der Waals surface area contributed by atoms with Gasteiger partial charge in [-0.3, -0.25) is 9.59 Å². The van der Waals surface area contributed by atoms with Crippen molar-refractivity contribution in [3.63, 3.8) is 0 Å². The van der Waals surface area contributed by atoms with Gasteiger partial charge in [-0.25, -0.2) is 4.39 Å². The molecule has 1 aliphatic heterocycles. The van der Waals surface area contributed by atoms with Crippen LogP contribution < -0.4 is 11.1 Å². The first-order chi connectivity index (χ1) is 9.93. The summed E-state index contributed by atoms with van der Waals surface area (Å²) in [5.74, 6) is -1.28. The van der Waals surface area contributed by atoms with Crippen LogP contribution >= 0.6 is 0 Å². The van der Waals surface area contributed by atoms with Crippen molar-refractivity contribution in [2.45, 2.75) is 19.8 Å². The molecule has 0 aliphatic carbocycles. The molecule has 0 spiro atoms. The SMILES string of the molecule is CNC(=O)C1CCCN(C(=O)c2cc(N)cc(C)c2F)C1. The molecule has 0 radical (unpaired) electrons. The third-order valence-corrected chi connectivity index (χ3v) is 3.83. The highest BCUT2D eigenvalue weighted by Gasteiger charge is 2.29. The summed E-state index contributed by atoms with van der Waals surface area (Å²) < 4.78 is 14.1. The van der Waals surface area contributed by atoms with Crippen molar-refractivity contribution >= 4 is 17.5 Å². The number of carbonyl (C=O) groups is 2. The maximum Gasteiger partial charge on any atom is 0.256 e. The number of likely N-dealkylation sites (tertiary alicyclic amines) is 1. The lowest BCUT2D eigenvalue weighted by Gasteiger charge is -2.32. The van der Waals surface area contributed by atoms with E-state index in [1.165, 1.54) is 17.0 Å². The Morgan fingerprint density at radius 3 is 2.81 bits per heavy atom. The van der Waals surface area contributed by atoms with Gasteiger partial charge in [0.05, 0.1) is 11.5 Å². The number of rotatable bonds is 2. The van der Waals surface area contributed by atoms with Gasteiger partial charge in [-0.1, -0.05) is 0 Å². The number of anilines is 1. The molecule has 3 N–H and O–H groups in total. The van der Waals surface area contributed by atoms with Gasteiger partial charge < -0.3 is 16.0 Å².